The van der Waals surface area contributed by atoms with E-state index in [1.807, 2.05) is 19.1 Å². The molecule has 0 radical (unpaired) electrons. The van der Waals surface area contributed by atoms with Gasteiger partial charge in [0.15, 0.2) is 0 Å². The molecule has 0 spiro atoms. The van der Waals surface area contributed by atoms with Gasteiger partial charge in [0.05, 0.1) is 6.17 Å². The van der Waals surface area contributed by atoms with E-state index in [-0.39, 0.29) is 6.17 Å². The first kappa shape index (κ1) is 7.02. The summed E-state index contributed by atoms with van der Waals surface area (Å²) >= 11 is 0. The first-order chi connectivity index (χ1) is 4.79. The number of nitrogens with two attached hydrogens (primary N) is 1. The Morgan fingerprint density at radius 1 is 1.50 bits per heavy atom. The maximum absolute atomic E-state index is 5.49. The van der Waals surface area contributed by atoms with Gasteiger partial charge in [-0.2, -0.15) is 0 Å². The molecule has 0 fully saturated rings. The van der Waals surface area contributed by atoms with Gasteiger partial charge in [-0.25, -0.2) is 0 Å². The van der Waals surface area contributed by atoms with Crippen LogP contribution in [0.25, 0.3) is 0 Å². The zero-order valence-electron chi connectivity index (χ0n) is 5.91. The Balaban J connectivity index is 2.59. The molecule has 0 bridgehead atoms. The Hall–Kier alpha value is -1.09. The van der Waals surface area contributed by atoms with Crippen LogP contribution in [0, 0.1) is 0 Å². The van der Waals surface area contributed by atoms with Crippen LogP contribution in [-0.2, 0) is 0 Å². The van der Waals surface area contributed by atoms with E-state index in [4.69, 9.17) is 5.73 Å². The molecule has 1 aromatic heterocycles. The van der Waals surface area contributed by atoms with Crippen molar-refractivity contribution >= 4 is 5.69 Å². The quantitative estimate of drug-likeness (QED) is 0.593. The fourth-order valence-electron chi connectivity index (χ4n) is 0.711. The summed E-state index contributed by atoms with van der Waals surface area (Å²) in [6.45, 7) is 1.89. The molecule has 0 aliphatic rings. The second-order valence-electron chi connectivity index (χ2n) is 2.17. The van der Waals surface area contributed by atoms with Crippen molar-refractivity contribution in [2.45, 2.75) is 13.1 Å². The van der Waals surface area contributed by atoms with Crippen molar-refractivity contribution in [3.05, 3.63) is 24.5 Å². The molecule has 0 amide bonds. The summed E-state index contributed by atoms with van der Waals surface area (Å²) in [5.74, 6) is 0. The minimum absolute atomic E-state index is 0.0117. The number of hydrogen-bond donors (Lipinski definition) is 2. The van der Waals surface area contributed by atoms with E-state index < -0.39 is 0 Å². The lowest BCUT2D eigenvalue weighted by Crippen LogP contribution is -2.24. The molecule has 1 unspecified atom stereocenters. The normalized spacial score (nSPS) is 12.6. The van der Waals surface area contributed by atoms with Gasteiger partial charge in [0.2, 0.25) is 0 Å². The monoisotopic (exact) mass is 137 g/mol. The molecule has 0 aromatic carbocycles. The lowest BCUT2D eigenvalue weighted by Gasteiger charge is -2.08. The van der Waals surface area contributed by atoms with Gasteiger partial charge in [-0.15, -0.1) is 0 Å². The first-order valence-corrected chi connectivity index (χ1v) is 3.21. The fraction of sp³-hybridized carbons (Fsp3) is 0.286. The van der Waals surface area contributed by atoms with Gasteiger partial charge in [-0.3, -0.25) is 4.98 Å². The molecular formula is C7H11N3. The van der Waals surface area contributed by atoms with E-state index in [0.717, 1.165) is 5.69 Å². The van der Waals surface area contributed by atoms with E-state index in [1.165, 1.54) is 0 Å². The zero-order valence-corrected chi connectivity index (χ0v) is 5.91. The zero-order chi connectivity index (χ0) is 7.40. The molecule has 3 N–H and O–H groups in total. The Kier molecular flexibility index (Phi) is 2.23. The molecule has 0 aliphatic heterocycles. The maximum atomic E-state index is 5.49. The highest BCUT2D eigenvalue weighted by Crippen LogP contribution is 2.02. The van der Waals surface area contributed by atoms with Crippen molar-refractivity contribution in [2.75, 3.05) is 5.32 Å². The van der Waals surface area contributed by atoms with Gasteiger partial charge in [-0.1, -0.05) is 0 Å². The molecule has 0 saturated carbocycles. The SMILES string of the molecule is CC(N)Nc1ccncc1. The van der Waals surface area contributed by atoms with Crippen molar-refractivity contribution in [3.8, 4) is 0 Å². The van der Waals surface area contributed by atoms with Crippen molar-refractivity contribution < 1.29 is 0 Å². The maximum Gasteiger partial charge on any atom is 0.0714 e. The predicted octanol–water partition coefficient (Wildman–Crippen LogP) is 0.798. The third-order valence-electron chi connectivity index (χ3n) is 1.07. The standard InChI is InChI=1S/C7H11N3/c1-6(8)10-7-2-4-9-5-3-7/h2-6H,8H2,1H3,(H,9,10). The lowest BCUT2D eigenvalue weighted by atomic mass is 10.4. The Morgan fingerprint density at radius 3 is 2.60 bits per heavy atom. The van der Waals surface area contributed by atoms with Gasteiger partial charge >= 0.3 is 0 Å². The van der Waals surface area contributed by atoms with Crippen LogP contribution in [0.4, 0.5) is 5.69 Å². The van der Waals surface area contributed by atoms with E-state index >= 15 is 0 Å². The highest BCUT2D eigenvalue weighted by Gasteiger charge is 1.91. The molecule has 0 saturated heterocycles. The van der Waals surface area contributed by atoms with E-state index in [1.54, 1.807) is 12.4 Å². The summed E-state index contributed by atoms with van der Waals surface area (Å²) in [6, 6.07) is 3.76. The summed E-state index contributed by atoms with van der Waals surface area (Å²) < 4.78 is 0. The second-order valence-corrected chi connectivity index (χ2v) is 2.17. The summed E-state index contributed by atoms with van der Waals surface area (Å²) in [5.41, 5.74) is 6.50. The molecule has 0 aliphatic carbocycles. The topological polar surface area (TPSA) is 50.9 Å². The third kappa shape index (κ3) is 2.03. The lowest BCUT2D eigenvalue weighted by molar-refractivity contribution is 0.851. The van der Waals surface area contributed by atoms with Gasteiger partial charge in [0, 0.05) is 18.1 Å². The highest BCUT2D eigenvalue weighted by molar-refractivity contribution is 5.41. The average molecular weight is 137 g/mol. The van der Waals surface area contributed by atoms with Crippen molar-refractivity contribution in [2.24, 2.45) is 5.73 Å². The molecule has 1 atom stereocenters. The number of rotatable bonds is 2. The number of nitrogens with zero attached hydrogens (tertiary/aromatic N) is 1. The minimum atomic E-state index is -0.0117. The third-order valence-corrected chi connectivity index (χ3v) is 1.07. The van der Waals surface area contributed by atoms with Gasteiger partial charge in [0.25, 0.3) is 0 Å². The van der Waals surface area contributed by atoms with Crippen molar-refractivity contribution in [1.82, 2.24) is 4.98 Å². The Bertz CT molecular complexity index is 183. The fourth-order valence-corrected chi connectivity index (χ4v) is 0.711. The van der Waals surface area contributed by atoms with Crippen LogP contribution < -0.4 is 11.1 Å². The van der Waals surface area contributed by atoms with Gasteiger partial charge in [-0.05, 0) is 19.1 Å². The summed E-state index contributed by atoms with van der Waals surface area (Å²) in [5, 5.41) is 3.04. The van der Waals surface area contributed by atoms with Crippen molar-refractivity contribution in [3.63, 3.8) is 0 Å². The van der Waals surface area contributed by atoms with E-state index in [0.29, 0.717) is 0 Å². The molecule has 1 rings (SSSR count). The highest BCUT2D eigenvalue weighted by atomic mass is 15.0. The second kappa shape index (κ2) is 3.17. The summed E-state index contributed by atoms with van der Waals surface area (Å²) in [7, 11) is 0. The molecule has 10 heavy (non-hydrogen) atoms. The van der Waals surface area contributed by atoms with E-state index in [9.17, 15) is 0 Å². The van der Waals surface area contributed by atoms with Crippen LogP contribution in [0.3, 0.4) is 0 Å². The number of aromatic nitrogens is 1. The summed E-state index contributed by atoms with van der Waals surface area (Å²) in [4.78, 5) is 3.87. The number of anilines is 1. The number of hydrogen-bond acceptors (Lipinski definition) is 3. The van der Waals surface area contributed by atoms with Crippen LogP contribution in [0.5, 0.6) is 0 Å². The Labute approximate surface area is 60.3 Å². The Morgan fingerprint density at radius 2 is 2.10 bits per heavy atom. The van der Waals surface area contributed by atoms with Crippen LogP contribution in [0.15, 0.2) is 24.5 Å². The molecule has 3 heteroatoms. The smallest absolute Gasteiger partial charge is 0.0714 e. The van der Waals surface area contributed by atoms with Crippen LogP contribution >= 0.6 is 0 Å². The largest absolute Gasteiger partial charge is 0.370 e. The molecule has 54 valence electrons. The van der Waals surface area contributed by atoms with Crippen LogP contribution in [0.2, 0.25) is 0 Å². The number of pyridine rings is 1. The minimum Gasteiger partial charge on any atom is -0.370 e. The van der Waals surface area contributed by atoms with Crippen LogP contribution in [0.1, 0.15) is 6.92 Å². The van der Waals surface area contributed by atoms with Gasteiger partial charge < -0.3 is 11.1 Å². The molecule has 1 heterocycles. The molecule has 3 nitrogen and oxygen atoms in total. The van der Waals surface area contributed by atoms with Crippen molar-refractivity contribution in [1.29, 1.82) is 0 Å². The molecule has 1 aromatic rings. The predicted molar refractivity (Wildman–Crippen MR) is 41.5 cm³/mol. The average Bonchev–Trinajstić information content (AvgIpc) is 1.88. The number of nitrogens with one attached hydrogen (secondary N) is 1. The van der Waals surface area contributed by atoms with E-state index in [2.05, 4.69) is 10.3 Å². The first-order valence-electron chi connectivity index (χ1n) is 3.21. The van der Waals surface area contributed by atoms with Crippen LogP contribution in [-0.4, -0.2) is 11.1 Å². The van der Waals surface area contributed by atoms with Gasteiger partial charge in [0.1, 0.15) is 0 Å². The summed E-state index contributed by atoms with van der Waals surface area (Å²) in [6.07, 6.45) is 3.44. The molecular weight excluding hydrogens is 126 g/mol.